The molecule has 2 amide bonds. The summed E-state index contributed by atoms with van der Waals surface area (Å²) in [7, 11) is 0. The summed E-state index contributed by atoms with van der Waals surface area (Å²) >= 11 is 1.56. The van der Waals surface area contributed by atoms with Crippen LogP contribution < -0.4 is 24.6 Å². The van der Waals surface area contributed by atoms with Gasteiger partial charge in [-0.1, -0.05) is 133 Å². The van der Waals surface area contributed by atoms with E-state index in [9.17, 15) is 9.59 Å². The van der Waals surface area contributed by atoms with Crippen molar-refractivity contribution in [3.05, 3.63) is 240 Å². The van der Waals surface area contributed by atoms with Gasteiger partial charge in [0.2, 0.25) is 0 Å². The number of amides is 2. The second-order valence-corrected chi connectivity index (χ2v) is 16.6. The normalized spacial score (nSPS) is 15.3. The van der Waals surface area contributed by atoms with Crippen molar-refractivity contribution in [3.63, 3.8) is 0 Å². The number of rotatable bonds is 10. The van der Waals surface area contributed by atoms with Crippen LogP contribution in [0.1, 0.15) is 22.3 Å². The number of nitrogens with zero attached hydrogens (tertiary/aromatic N) is 4. The molecule has 0 fully saturated rings. The molecule has 1 N–H and O–H groups in total. The van der Waals surface area contributed by atoms with Crippen molar-refractivity contribution in [2.45, 2.75) is 9.79 Å². The van der Waals surface area contributed by atoms with Crippen LogP contribution >= 0.6 is 11.8 Å². The van der Waals surface area contributed by atoms with Gasteiger partial charge >= 0.3 is 0 Å². The maximum Gasteiger partial charge on any atom is 0.282 e. The summed E-state index contributed by atoms with van der Waals surface area (Å²) in [6.07, 6.45) is 3.58. The fourth-order valence-corrected chi connectivity index (χ4v) is 8.97. The molecule has 3 aliphatic rings. The number of benzene rings is 8. The van der Waals surface area contributed by atoms with E-state index in [0.29, 0.717) is 45.9 Å². The zero-order valence-corrected chi connectivity index (χ0v) is 35.9. The predicted octanol–water partition coefficient (Wildman–Crippen LogP) is 13.1. The van der Waals surface area contributed by atoms with E-state index in [1.165, 1.54) is 0 Å². The van der Waals surface area contributed by atoms with Gasteiger partial charge in [-0.15, -0.1) is 0 Å². The van der Waals surface area contributed by atoms with Gasteiger partial charge in [-0.05, 0) is 108 Å². The molecular formula is C56H37N5O4S. The highest BCUT2D eigenvalue weighted by atomic mass is 32.2. The van der Waals surface area contributed by atoms with Crippen molar-refractivity contribution in [1.29, 1.82) is 0 Å². The number of ether oxygens (including phenoxy) is 2. The van der Waals surface area contributed by atoms with Crippen molar-refractivity contribution < 1.29 is 19.1 Å². The predicted molar refractivity (Wildman–Crippen MR) is 263 cm³/mol. The molecule has 0 saturated carbocycles. The highest BCUT2D eigenvalue weighted by Crippen LogP contribution is 2.48. The van der Waals surface area contributed by atoms with E-state index >= 15 is 0 Å². The molecule has 0 radical (unpaired) electrons. The van der Waals surface area contributed by atoms with E-state index in [0.717, 1.165) is 54.9 Å². The number of carbonyl (C=O) groups is 2. The Bertz CT molecular complexity index is 3080. The number of aliphatic imine (C=N–C) groups is 2. The van der Waals surface area contributed by atoms with Crippen molar-refractivity contribution in [3.8, 4) is 23.0 Å². The van der Waals surface area contributed by atoms with Gasteiger partial charge in [0, 0.05) is 20.9 Å². The quantitative estimate of drug-likeness (QED) is 0.138. The number of anilines is 4. The fraction of sp³-hybridized carbons (Fsp3) is 0. The number of nitrogens with one attached hydrogen (secondary N) is 1. The first-order valence-electron chi connectivity index (χ1n) is 21.3. The molecule has 9 nitrogen and oxygen atoms in total. The standard InChI is InChI=1S/C56H37N5O4S/c62-55-49(33-37-15-13-25-45(31-37)64-43-21-9-3-10-22-43)58-53(39-17-5-1-6-18-39)60(55)41-27-29-47-51(35-41)66-52-36-42(28-30-48(52)57-47)61-54(40-19-7-2-8-20-40)59-50(56(61)63)34-38-16-14-26-46(32-38)65-44-23-11-4-12-24-44/h1-36,57H. The summed E-state index contributed by atoms with van der Waals surface area (Å²) < 4.78 is 12.2. The fourth-order valence-electron chi connectivity index (χ4n) is 7.91. The van der Waals surface area contributed by atoms with Gasteiger partial charge in [0.25, 0.3) is 11.8 Å². The highest BCUT2D eigenvalue weighted by Gasteiger charge is 2.35. The molecule has 0 aromatic heterocycles. The SMILES string of the molecule is O=C1C(=Cc2cccc(Oc3ccccc3)c2)N=C(c2ccccc2)N1c1ccc2c(c1)Sc1cc(N3C(=O)C(=Cc4cccc(Oc5ccccc5)c4)N=C3c3ccccc3)ccc1N2. The first-order valence-corrected chi connectivity index (χ1v) is 22.1. The monoisotopic (exact) mass is 875 g/mol. The molecule has 0 aliphatic carbocycles. The number of amidine groups is 2. The minimum absolute atomic E-state index is 0.251. The van der Waals surface area contributed by atoms with E-state index in [2.05, 4.69) is 5.32 Å². The third kappa shape index (κ3) is 8.16. The smallest absolute Gasteiger partial charge is 0.282 e. The molecule has 0 bridgehead atoms. The van der Waals surface area contributed by atoms with Crippen LogP contribution in [-0.4, -0.2) is 23.5 Å². The molecule has 3 aliphatic heterocycles. The first-order chi connectivity index (χ1) is 32.5. The van der Waals surface area contributed by atoms with Crippen molar-refractivity contribution in [2.24, 2.45) is 9.98 Å². The Labute approximate surface area is 385 Å². The lowest BCUT2D eigenvalue weighted by atomic mass is 10.1. The zero-order chi connectivity index (χ0) is 44.4. The highest BCUT2D eigenvalue weighted by molar-refractivity contribution is 7.99. The van der Waals surface area contributed by atoms with Crippen LogP contribution in [0.15, 0.2) is 237 Å². The van der Waals surface area contributed by atoms with Crippen LogP contribution in [0.4, 0.5) is 22.7 Å². The lowest BCUT2D eigenvalue weighted by Crippen LogP contribution is -2.32. The van der Waals surface area contributed by atoms with Crippen LogP contribution in [-0.2, 0) is 9.59 Å². The summed E-state index contributed by atoms with van der Waals surface area (Å²) in [5.41, 5.74) is 6.91. The summed E-state index contributed by atoms with van der Waals surface area (Å²) in [6, 6.07) is 65.6. The Balaban J connectivity index is 0.890. The van der Waals surface area contributed by atoms with Crippen LogP contribution in [0.2, 0.25) is 0 Å². The lowest BCUT2D eigenvalue weighted by Gasteiger charge is -2.26. The molecule has 0 atom stereocenters. The van der Waals surface area contributed by atoms with Crippen molar-refractivity contribution >= 4 is 70.1 Å². The lowest BCUT2D eigenvalue weighted by molar-refractivity contribution is -0.114. The summed E-state index contributed by atoms with van der Waals surface area (Å²) in [5, 5.41) is 3.58. The van der Waals surface area contributed by atoms with Crippen LogP contribution in [0.3, 0.4) is 0 Å². The van der Waals surface area contributed by atoms with Gasteiger partial charge in [0.05, 0.1) is 22.7 Å². The second-order valence-electron chi connectivity index (χ2n) is 15.5. The van der Waals surface area contributed by atoms with E-state index in [1.807, 2.05) is 206 Å². The van der Waals surface area contributed by atoms with Gasteiger partial charge in [0.1, 0.15) is 46.1 Å². The molecule has 3 heterocycles. The molecule has 8 aromatic carbocycles. The van der Waals surface area contributed by atoms with E-state index < -0.39 is 0 Å². The molecule has 66 heavy (non-hydrogen) atoms. The van der Waals surface area contributed by atoms with Gasteiger partial charge in [-0.3, -0.25) is 19.4 Å². The van der Waals surface area contributed by atoms with Crippen LogP contribution in [0, 0.1) is 0 Å². The Kier molecular flexibility index (Phi) is 10.6. The van der Waals surface area contributed by atoms with Crippen molar-refractivity contribution in [2.75, 3.05) is 15.1 Å². The second kappa shape index (κ2) is 17.4. The van der Waals surface area contributed by atoms with Crippen LogP contribution in [0.5, 0.6) is 23.0 Å². The molecule has 10 heteroatoms. The first kappa shape index (κ1) is 40.1. The molecular weight excluding hydrogens is 839 g/mol. The van der Waals surface area contributed by atoms with Crippen molar-refractivity contribution in [1.82, 2.24) is 0 Å². The molecule has 0 unspecified atom stereocenters. The van der Waals surface area contributed by atoms with Gasteiger partial charge < -0.3 is 14.8 Å². The van der Waals surface area contributed by atoms with Gasteiger partial charge in [-0.2, -0.15) is 0 Å². The Morgan fingerprint density at radius 2 is 0.818 bits per heavy atom. The summed E-state index contributed by atoms with van der Waals surface area (Å²) in [4.78, 5) is 44.0. The maximum atomic E-state index is 14.5. The average molecular weight is 876 g/mol. The van der Waals surface area contributed by atoms with E-state index in [-0.39, 0.29) is 11.8 Å². The Hall–Kier alpha value is -8.73. The molecule has 0 spiro atoms. The Morgan fingerprint density at radius 3 is 1.24 bits per heavy atom. The largest absolute Gasteiger partial charge is 0.457 e. The summed E-state index contributed by atoms with van der Waals surface area (Å²) in [5.74, 6) is 3.30. The topological polar surface area (TPSA) is 95.8 Å². The van der Waals surface area contributed by atoms with Crippen LogP contribution in [0.25, 0.3) is 12.2 Å². The summed E-state index contributed by atoms with van der Waals surface area (Å²) in [6.45, 7) is 0. The van der Waals surface area contributed by atoms with E-state index in [1.54, 1.807) is 33.7 Å². The van der Waals surface area contributed by atoms with Gasteiger partial charge in [-0.25, -0.2) is 9.98 Å². The Morgan fingerprint density at radius 1 is 0.424 bits per heavy atom. The minimum Gasteiger partial charge on any atom is -0.457 e. The number of hydrogen-bond donors (Lipinski definition) is 1. The number of para-hydroxylation sites is 2. The van der Waals surface area contributed by atoms with Gasteiger partial charge in [0.15, 0.2) is 0 Å². The maximum absolute atomic E-state index is 14.5. The molecule has 11 rings (SSSR count). The third-order valence-corrected chi connectivity index (χ3v) is 12.1. The average Bonchev–Trinajstić information content (AvgIpc) is 3.86. The third-order valence-electron chi connectivity index (χ3n) is 11.0. The number of carbonyl (C=O) groups excluding carboxylic acids is 2. The molecule has 8 aromatic rings. The number of hydrogen-bond acceptors (Lipinski definition) is 8. The number of fused-ring (bicyclic) bond motifs is 2. The zero-order valence-electron chi connectivity index (χ0n) is 35.1. The van der Waals surface area contributed by atoms with E-state index in [4.69, 9.17) is 19.5 Å². The minimum atomic E-state index is -0.251. The molecule has 0 saturated heterocycles. The molecule has 316 valence electrons.